The van der Waals surface area contributed by atoms with Gasteiger partial charge in [0.05, 0.1) is 0 Å². The maximum Gasteiger partial charge on any atom is 0.0000871 e. The molecule has 0 aromatic heterocycles. The highest BCUT2D eigenvalue weighted by atomic mass is 127. The van der Waals surface area contributed by atoms with E-state index in [2.05, 4.69) is 42.2 Å². The van der Waals surface area contributed by atoms with Gasteiger partial charge in [-0.15, -0.1) is 6.58 Å². The predicted octanol–water partition coefficient (Wildman–Crippen LogP) is 3.80. The molecule has 0 heterocycles. The smallest absolute Gasteiger partial charge is 0.0000871 e. The molecule has 0 fully saturated rings. The van der Waals surface area contributed by atoms with Gasteiger partial charge in [0, 0.05) is 4.43 Å². The van der Waals surface area contributed by atoms with Crippen LogP contribution in [-0.4, -0.2) is 4.43 Å². The molecule has 0 aromatic rings. The Bertz CT molecular complexity index is 78.8. The van der Waals surface area contributed by atoms with Crippen LogP contribution < -0.4 is 0 Å². The van der Waals surface area contributed by atoms with Crippen LogP contribution in [0.3, 0.4) is 0 Å². The summed E-state index contributed by atoms with van der Waals surface area (Å²) in [6, 6.07) is 0. The van der Waals surface area contributed by atoms with Crippen molar-refractivity contribution in [2.75, 3.05) is 4.43 Å². The van der Waals surface area contributed by atoms with Crippen molar-refractivity contribution in [3.8, 4) is 0 Å². The van der Waals surface area contributed by atoms with Crippen LogP contribution in [0.15, 0.2) is 12.7 Å². The van der Waals surface area contributed by atoms with Crippen molar-refractivity contribution in [2.24, 2.45) is 5.92 Å². The Kier molecular flexibility index (Phi) is 7.93. The lowest BCUT2D eigenvalue weighted by molar-refractivity contribution is 0.547. The monoisotopic (exact) mass is 252 g/mol. The maximum absolute atomic E-state index is 3.83. The second-order valence-electron chi connectivity index (χ2n) is 2.62. The molecule has 0 amide bonds. The van der Waals surface area contributed by atoms with Crippen LogP contribution in [-0.2, 0) is 0 Å². The molecule has 0 rings (SSSR count). The average Bonchev–Trinajstić information content (AvgIpc) is 1.98. The summed E-state index contributed by atoms with van der Waals surface area (Å²) in [7, 11) is 0. The molecule has 0 N–H and O–H groups in total. The van der Waals surface area contributed by atoms with Crippen LogP contribution in [0.1, 0.15) is 32.6 Å². The van der Waals surface area contributed by atoms with Gasteiger partial charge in [-0.05, 0) is 18.8 Å². The Balaban J connectivity index is 3.29. The van der Waals surface area contributed by atoms with Crippen molar-refractivity contribution in [3.05, 3.63) is 12.7 Å². The summed E-state index contributed by atoms with van der Waals surface area (Å²) in [6.45, 7) is 6.07. The molecule has 0 aliphatic carbocycles. The summed E-state index contributed by atoms with van der Waals surface area (Å²) in [5, 5.41) is 0. The number of unbranched alkanes of at least 4 members (excludes halogenated alkanes) is 1. The van der Waals surface area contributed by atoms with E-state index >= 15 is 0 Å². The van der Waals surface area contributed by atoms with Gasteiger partial charge < -0.3 is 0 Å². The van der Waals surface area contributed by atoms with Crippen LogP contribution >= 0.6 is 22.6 Å². The van der Waals surface area contributed by atoms with E-state index in [1.165, 1.54) is 30.1 Å². The van der Waals surface area contributed by atoms with Crippen LogP contribution in [0.5, 0.6) is 0 Å². The molecule has 0 spiro atoms. The van der Waals surface area contributed by atoms with E-state index in [0.29, 0.717) is 0 Å². The van der Waals surface area contributed by atoms with Gasteiger partial charge in [0.2, 0.25) is 0 Å². The third-order valence-corrected chi connectivity index (χ3v) is 2.36. The highest BCUT2D eigenvalue weighted by Crippen LogP contribution is 2.14. The molecule has 0 saturated carbocycles. The number of hydrogen-bond donors (Lipinski definition) is 0. The molecule has 0 saturated heterocycles. The maximum atomic E-state index is 3.83. The fourth-order valence-corrected chi connectivity index (χ4v) is 1.79. The minimum absolute atomic E-state index is 0.775. The van der Waals surface area contributed by atoms with Crippen molar-refractivity contribution in [1.29, 1.82) is 0 Å². The van der Waals surface area contributed by atoms with Gasteiger partial charge in [0.15, 0.2) is 0 Å². The zero-order chi connectivity index (χ0) is 7.82. The number of rotatable bonds is 6. The first-order valence-corrected chi connectivity index (χ1v) is 5.56. The van der Waals surface area contributed by atoms with Crippen LogP contribution in [0.4, 0.5) is 0 Å². The SMILES string of the molecule is C=CC(CCI)CCCC. The average molecular weight is 252 g/mol. The summed E-state index contributed by atoms with van der Waals surface area (Å²) in [6.07, 6.45) is 7.42. The predicted molar refractivity (Wildman–Crippen MR) is 56.7 cm³/mol. The molecular weight excluding hydrogens is 235 g/mol. The summed E-state index contributed by atoms with van der Waals surface area (Å²) >= 11 is 2.43. The number of hydrogen-bond acceptors (Lipinski definition) is 0. The van der Waals surface area contributed by atoms with E-state index in [1.807, 2.05) is 0 Å². The van der Waals surface area contributed by atoms with Crippen LogP contribution in [0, 0.1) is 5.92 Å². The largest absolute Gasteiger partial charge is 0.103 e. The van der Waals surface area contributed by atoms with Gasteiger partial charge in [-0.2, -0.15) is 0 Å². The Morgan fingerprint density at radius 1 is 1.50 bits per heavy atom. The summed E-state index contributed by atoms with van der Waals surface area (Å²) in [5.41, 5.74) is 0. The van der Waals surface area contributed by atoms with Gasteiger partial charge in [0.1, 0.15) is 0 Å². The first kappa shape index (κ1) is 10.5. The molecule has 0 radical (unpaired) electrons. The number of allylic oxidation sites excluding steroid dienone is 1. The van der Waals surface area contributed by atoms with E-state index in [0.717, 1.165) is 5.92 Å². The fraction of sp³-hybridized carbons (Fsp3) is 0.778. The third-order valence-electron chi connectivity index (χ3n) is 1.74. The number of alkyl halides is 1. The topological polar surface area (TPSA) is 0 Å². The normalized spacial score (nSPS) is 13.0. The molecule has 1 unspecified atom stereocenters. The molecule has 1 atom stereocenters. The molecular formula is C9H17I. The van der Waals surface area contributed by atoms with Gasteiger partial charge in [-0.1, -0.05) is 48.4 Å². The van der Waals surface area contributed by atoms with Crippen molar-refractivity contribution in [3.63, 3.8) is 0 Å². The lowest BCUT2D eigenvalue weighted by Crippen LogP contribution is -1.95. The van der Waals surface area contributed by atoms with Crippen molar-refractivity contribution in [1.82, 2.24) is 0 Å². The Morgan fingerprint density at radius 2 is 2.20 bits per heavy atom. The lowest BCUT2D eigenvalue weighted by Gasteiger charge is -2.08. The zero-order valence-corrected chi connectivity index (χ0v) is 8.93. The third kappa shape index (κ3) is 5.27. The van der Waals surface area contributed by atoms with Crippen molar-refractivity contribution in [2.45, 2.75) is 32.6 Å². The van der Waals surface area contributed by atoms with Crippen molar-refractivity contribution >= 4 is 22.6 Å². The Labute approximate surface area is 78.2 Å². The second-order valence-corrected chi connectivity index (χ2v) is 3.69. The molecule has 0 aliphatic rings. The van der Waals surface area contributed by atoms with Crippen LogP contribution in [0.2, 0.25) is 0 Å². The molecule has 60 valence electrons. The lowest BCUT2D eigenvalue weighted by atomic mass is 10.00. The van der Waals surface area contributed by atoms with Crippen molar-refractivity contribution < 1.29 is 0 Å². The standard InChI is InChI=1S/C9H17I/c1-3-5-6-9(4-2)7-8-10/h4,9H,2-3,5-8H2,1H3. The van der Waals surface area contributed by atoms with Gasteiger partial charge >= 0.3 is 0 Å². The first-order chi connectivity index (χ1) is 4.85. The van der Waals surface area contributed by atoms with Gasteiger partial charge in [0.25, 0.3) is 0 Å². The van der Waals surface area contributed by atoms with Gasteiger partial charge in [-0.25, -0.2) is 0 Å². The highest BCUT2D eigenvalue weighted by molar-refractivity contribution is 14.1. The molecule has 10 heavy (non-hydrogen) atoms. The highest BCUT2D eigenvalue weighted by Gasteiger charge is 2.00. The Morgan fingerprint density at radius 3 is 2.60 bits per heavy atom. The zero-order valence-electron chi connectivity index (χ0n) is 6.78. The molecule has 0 aliphatic heterocycles. The minimum Gasteiger partial charge on any atom is -0.103 e. The fourth-order valence-electron chi connectivity index (χ4n) is 0.986. The van der Waals surface area contributed by atoms with E-state index in [-0.39, 0.29) is 0 Å². The molecule has 0 nitrogen and oxygen atoms in total. The molecule has 1 heteroatoms. The number of halogens is 1. The van der Waals surface area contributed by atoms with E-state index in [9.17, 15) is 0 Å². The second kappa shape index (κ2) is 7.58. The van der Waals surface area contributed by atoms with Crippen LogP contribution in [0.25, 0.3) is 0 Å². The summed E-state index contributed by atoms with van der Waals surface area (Å²) in [5.74, 6) is 0.775. The molecule has 0 aromatic carbocycles. The minimum atomic E-state index is 0.775. The summed E-state index contributed by atoms with van der Waals surface area (Å²) in [4.78, 5) is 0. The van der Waals surface area contributed by atoms with E-state index in [4.69, 9.17) is 0 Å². The quantitative estimate of drug-likeness (QED) is 0.383. The molecule has 0 bridgehead atoms. The summed E-state index contributed by atoms with van der Waals surface area (Å²) < 4.78 is 1.26. The Hall–Kier alpha value is 0.470. The van der Waals surface area contributed by atoms with E-state index in [1.54, 1.807) is 0 Å². The van der Waals surface area contributed by atoms with E-state index < -0.39 is 0 Å². The van der Waals surface area contributed by atoms with Gasteiger partial charge in [-0.3, -0.25) is 0 Å². The first-order valence-electron chi connectivity index (χ1n) is 4.03.